The van der Waals surface area contributed by atoms with E-state index in [1.54, 1.807) is 7.11 Å². The number of ether oxygens (including phenoxy) is 1. The zero-order chi connectivity index (χ0) is 14.8. The van der Waals surface area contributed by atoms with Gasteiger partial charge in [-0.3, -0.25) is 4.90 Å². The highest BCUT2D eigenvalue weighted by Crippen LogP contribution is 2.30. The van der Waals surface area contributed by atoms with E-state index in [1.165, 1.54) is 6.42 Å². The molecule has 1 aromatic heterocycles. The number of aromatic amines is 1. The van der Waals surface area contributed by atoms with Crippen LogP contribution in [0.1, 0.15) is 18.4 Å². The summed E-state index contributed by atoms with van der Waals surface area (Å²) in [6, 6.07) is 6.26. The molecule has 1 aliphatic rings. The minimum atomic E-state index is 0.245. The van der Waals surface area contributed by atoms with E-state index in [-0.39, 0.29) is 6.61 Å². The number of rotatable bonds is 5. The summed E-state index contributed by atoms with van der Waals surface area (Å²) >= 11 is 6.35. The van der Waals surface area contributed by atoms with E-state index in [0.29, 0.717) is 11.2 Å². The van der Waals surface area contributed by atoms with E-state index in [1.807, 2.05) is 18.2 Å². The van der Waals surface area contributed by atoms with Crippen molar-refractivity contribution in [1.29, 1.82) is 0 Å². The normalized spacial score (nSPS) is 19.5. The lowest BCUT2D eigenvalue weighted by Crippen LogP contribution is -2.33. The summed E-state index contributed by atoms with van der Waals surface area (Å²) in [5, 5.41) is 11.2. The highest BCUT2D eigenvalue weighted by Gasteiger charge is 2.23. The third kappa shape index (κ3) is 2.89. The number of H-pyrrole nitrogens is 1. The molecule has 4 nitrogen and oxygen atoms in total. The van der Waals surface area contributed by atoms with Gasteiger partial charge in [0, 0.05) is 23.5 Å². The van der Waals surface area contributed by atoms with Crippen LogP contribution < -0.4 is 4.74 Å². The predicted octanol–water partition coefficient (Wildman–Crippen LogP) is 2.83. The van der Waals surface area contributed by atoms with Crippen molar-refractivity contribution in [2.45, 2.75) is 25.3 Å². The Morgan fingerprint density at radius 3 is 3.10 bits per heavy atom. The Morgan fingerprint density at radius 2 is 2.33 bits per heavy atom. The maximum atomic E-state index is 9.40. The standard InChI is InChI=1S/C16H21ClN2O2/c1-21-12-4-5-15-14(9-12)13(16(17)18-15)6-8-19-7-2-3-11(19)10-20/h4-5,9,11,18,20H,2-3,6-8,10H2,1H3. The molecule has 0 aliphatic carbocycles. The number of halogens is 1. The molecule has 3 rings (SSSR count). The Labute approximate surface area is 129 Å². The molecule has 2 heterocycles. The highest BCUT2D eigenvalue weighted by atomic mass is 35.5. The lowest BCUT2D eigenvalue weighted by atomic mass is 10.1. The van der Waals surface area contributed by atoms with Crippen LogP contribution in [0.2, 0.25) is 5.15 Å². The van der Waals surface area contributed by atoms with Gasteiger partial charge in [-0.15, -0.1) is 0 Å². The third-order valence-electron chi connectivity index (χ3n) is 4.42. The number of hydrogen-bond donors (Lipinski definition) is 2. The lowest BCUT2D eigenvalue weighted by molar-refractivity contribution is 0.160. The van der Waals surface area contributed by atoms with E-state index in [0.717, 1.165) is 48.1 Å². The summed E-state index contributed by atoms with van der Waals surface area (Å²) in [5.74, 6) is 0.842. The number of benzene rings is 1. The average molecular weight is 309 g/mol. The van der Waals surface area contributed by atoms with Crippen molar-refractivity contribution in [1.82, 2.24) is 9.88 Å². The van der Waals surface area contributed by atoms with Crippen molar-refractivity contribution in [3.05, 3.63) is 28.9 Å². The summed E-state index contributed by atoms with van der Waals surface area (Å²) in [5.41, 5.74) is 2.17. The summed E-state index contributed by atoms with van der Waals surface area (Å²) in [7, 11) is 1.67. The van der Waals surface area contributed by atoms with Gasteiger partial charge in [0.25, 0.3) is 0 Å². The molecule has 2 N–H and O–H groups in total. The topological polar surface area (TPSA) is 48.5 Å². The zero-order valence-corrected chi connectivity index (χ0v) is 13.0. The molecular formula is C16H21ClN2O2. The molecular weight excluding hydrogens is 288 g/mol. The summed E-state index contributed by atoms with van der Waals surface area (Å²) in [6.07, 6.45) is 3.13. The predicted molar refractivity (Wildman–Crippen MR) is 85.2 cm³/mol. The van der Waals surface area contributed by atoms with Crippen LogP contribution in [0.3, 0.4) is 0 Å². The Balaban J connectivity index is 1.81. The molecule has 1 aromatic carbocycles. The number of likely N-dealkylation sites (tertiary alicyclic amines) is 1. The van der Waals surface area contributed by atoms with Crippen LogP contribution in [0, 0.1) is 0 Å². The second kappa shape index (κ2) is 6.26. The SMILES string of the molecule is COc1ccc2[nH]c(Cl)c(CCN3CCCC3CO)c2c1. The second-order valence-electron chi connectivity index (χ2n) is 5.59. The molecule has 114 valence electrons. The summed E-state index contributed by atoms with van der Waals surface area (Å²) in [4.78, 5) is 5.58. The number of aliphatic hydroxyl groups excluding tert-OH is 1. The quantitative estimate of drug-likeness (QED) is 0.893. The van der Waals surface area contributed by atoms with Gasteiger partial charge in [0.15, 0.2) is 0 Å². The van der Waals surface area contributed by atoms with Crippen LogP contribution in [-0.2, 0) is 6.42 Å². The Hall–Kier alpha value is -1.23. The fourth-order valence-corrected chi connectivity index (χ4v) is 3.52. The number of methoxy groups -OCH3 is 1. The van der Waals surface area contributed by atoms with Crippen LogP contribution >= 0.6 is 11.6 Å². The van der Waals surface area contributed by atoms with Crippen molar-refractivity contribution in [3.63, 3.8) is 0 Å². The van der Waals surface area contributed by atoms with Crippen molar-refractivity contribution >= 4 is 22.5 Å². The first-order chi connectivity index (χ1) is 10.2. The van der Waals surface area contributed by atoms with Gasteiger partial charge in [-0.2, -0.15) is 0 Å². The van der Waals surface area contributed by atoms with Gasteiger partial charge in [0.2, 0.25) is 0 Å². The minimum absolute atomic E-state index is 0.245. The molecule has 1 atom stereocenters. The smallest absolute Gasteiger partial charge is 0.119 e. The van der Waals surface area contributed by atoms with Crippen molar-refractivity contribution in [3.8, 4) is 5.75 Å². The number of aromatic nitrogens is 1. The number of fused-ring (bicyclic) bond motifs is 1. The molecule has 0 saturated carbocycles. The highest BCUT2D eigenvalue weighted by molar-refractivity contribution is 6.31. The Kier molecular flexibility index (Phi) is 4.38. The second-order valence-corrected chi connectivity index (χ2v) is 5.97. The largest absolute Gasteiger partial charge is 0.497 e. The van der Waals surface area contributed by atoms with E-state index in [2.05, 4.69) is 9.88 Å². The van der Waals surface area contributed by atoms with Crippen molar-refractivity contribution in [2.75, 3.05) is 26.8 Å². The molecule has 1 aliphatic heterocycles. The molecule has 1 saturated heterocycles. The lowest BCUT2D eigenvalue weighted by Gasteiger charge is -2.22. The molecule has 21 heavy (non-hydrogen) atoms. The monoisotopic (exact) mass is 308 g/mol. The van der Waals surface area contributed by atoms with Crippen LogP contribution in [0.4, 0.5) is 0 Å². The number of nitrogens with zero attached hydrogens (tertiary/aromatic N) is 1. The maximum absolute atomic E-state index is 9.40. The molecule has 5 heteroatoms. The molecule has 2 aromatic rings. The molecule has 0 bridgehead atoms. The zero-order valence-electron chi connectivity index (χ0n) is 12.2. The van der Waals surface area contributed by atoms with Crippen LogP contribution in [0.25, 0.3) is 10.9 Å². The van der Waals surface area contributed by atoms with Gasteiger partial charge in [-0.05, 0) is 49.6 Å². The first-order valence-corrected chi connectivity index (χ1v) is 7.79. The van der Waals surface area contributed by atoms with Crippen molar-refractivity contribution < 1.29 is 9.84 Å². The van der Waals surface area contributed by atoms with Gasteiger partial charge in [0.05, 0.1) is 13.7 Å². The van der Waals surface area contributed by atoms with Crippen molar-refractivity contribution in [2.24, 2.45) is 0 Å². The van der Waals surface area contributed by atoms with E-state index in [9.17, 15) is 5.11 Å². The molecule has 0 radical (unpaired) electrons. The van der Waals surface area contributed by atoms with Crippen LogP contribution in [0.5, 0.6) is 5.75 Å². The fourth-order valence-electron chi connectivity index (χ4n) is 3.22. The van der Waals surface area contributed by atoms with E-state index in [4.69, 9.17) is 16.3 Å². The van der Waals surface area contributed by atoms with Crippen LogP contribution in [-0.4, -0.2) is 47.8 Å². The van der Waals surface area contributed by atoms with Crippen LogP contribution in [0.15, 0.2) is 18.2 Å². The molecule has 1 fully saturated rings. The van der Waals surface area contributed by atoms with Gasteiger partial charge >= 0.3 is 0 Å². The number of nitrogens with one attached hydrogen (secondary N) is 1. The first kappa shape index (κ1) is 14.7. The molecule has 0 spiro atoms. The summed E-state index contributed by atoms with van der Waals surface area (Å²) in [6.45, 7) is 2.24. The van der Waals surface area contributed by atoms with Gasteiger partial charge in [-0.25, -0.2) is 0 Å². The molecule has 0 amide bonds. The van der Waals surface area contributed by atoms with E-state index >= 15 is 0 Å². The minimum Gasteiger partial charge on any atom is -0.497 e. The third-order valence-corrected chi connectivity index (χ3v) is 4.74. The van der Waals surface area contributed by atoms with Gasteiger partial charge < -0.3 is 14.8 Å². The van der Waals surface area contributed by atoms with E-state index < -0.39 is 0 Å². The molecule has 1 unspecified atom stereocenters. The average Bonchev–Trinajstić information content (AvgIpc) is 3.07. The number of aliphatic hydroxyl groups is 1. The maximum Gasteiger partial charge on any atom is 0.119 e. The Morgan fingerprint density at radius 1 is 1.48 bits per heavy atom. The summed E-state index contributed by atoms with van der Waals surface area (Å²) < 4.78 is 5.30. The number of hydrogen-bond acceptors (Lipinski definition) is 3. The van der Waals surface area contributed by atoms with Gasteiger partial charge in [0.1, 0.15) is 10.9 Å². The Bertz CT molecular complexity index is 626. The first-order valence-electron chi connectivity index (χ1n) is 7.42. The van der Waals surface area contributed by atoms with Gasteiger partial charge in [-0.1, -0.05) is 11.6 Å². The fraction of sp³-hybridized carbons (Fsp3) is 0.500.